The summed E-state index contributed by atoms with van der Waals surface area (Å²) in [6.07, 6.45) is 1.57. The van der Waals surface area contributed by atoms with Gasteiger partial charge in [-0.05, 0) is 82.7 Å². The van der Waals surface area contributed by atoms with Gasteiger partial charge in [0.25, 0.3) is 11.1 Å². The third kappa shape index (κ3) is 6.44. The Balaban J connectivity index is 1.58. The molecule has 2 amide bonds. The molecule has 1 aliphatic heterocycles. The van der Waals surface area contributed by atoms with Gasteiger partial charge in [0, 0.05) is 26.2 Å². The first-order chi connectivity index (χ1) is 17.7. The maximum absolute atomic E-state index is 14.2. The van der Waals surface area contributed by atoms with E-state index in [9.17, 15) is 14.0 Å². The molecule has 0 spiro atoms. The molecular formula is C26H18BrCl3FNO4S. The number of hydrogen-bond donors (Lipinski definition) is 0. The van der Waals surface area contributed by atoms with E-state index >= 15 is 0 Å². The van der Waals surface area contributed by atoms with Crippen molar-refractivity contribution in [3.63, 3.8) is 0 Å². The van der Waals surface area contributed by atoms with E-state index in [2.05, 4.69) is 15.9 Å². The number of nitrogens with zero attached hydrogens (tertiary/aromatic N) is 1. The fourth-order valence-corrected chi connectivity index (χ4v) is 5.59. The van der Waals surface area contributed by atoms with Crippen molar-refractivity contribution in [2.75, 3.05) is 6.61 Å². The number of benzene rings is 3. The van der Waals surface area contributed by atoms with Gasteiger partial charge in [-0.2, -0.15) is 0 Å². The van der Waals surface area contributed by atoms with Crippen molar-refractivity contribution in [3.8, 4) is 11.5 Å². The average molecular weight is 646 g/mol. The molecule has 0 N–H and O–H groups in total. The van der Waals surface area contributed by atoms with Crippen molar-refractivity contribution in [1.82, 2.24) is 4.90 Å². The predicted octanol–water partition coefficient (Wildman–Crippen LogP) is 8.76. The van der Waals surface area contributed by atoms with E-state index in [1.165, 1.54) is 18.2 Å². The van der Waals surface area contributed by atoms with Crippen LogP contribution in [0.5, 0.6) is 11.5 Å². The van der Waals surface area contributed by atoms with E-state index in [0.717, 1.165) is 22.2 Å². The summed E-state index contributed by atoms with van der Waals surface area (Å²) in [7, 11) is 0. The smallest absolute Gasteiger partial charge is 0.293 e. The molecule has 192 valence electrons. The summed E-state index contributed by atoms with van der Waals surface area (Å²) in [6, 6.07) is 12.8. The van der Waals surface area contributed by atoms with Crippen LogP contribution in [-0.2, 0) is 17.9 Å². The van der Waals surface area contributed by atoms with Gasteiger partial charge in [-0.25, -0.2) is 4.39 Å². The monoisotopic (exact) mass is 643 g/mol. The molecule has 11 heteroatoms. The number of carbonyl (C=O) groups excluding carboxylic acids is 2. The zero-order chi connectivity index (χ0) is 26.7. The standard InChI is InChI=1S/C26H18BrCl3FNO4S/c1-2-35-22-9-14(8-18(27)24(22)36-13-15-6-7-16(28)11-20(15)30)10-23-25(33)32(26(34)37-23)12-17-19(29)4-3-5-21(17)31/h3-11H,2,12-13H2,1H3/b23-10-. The lowest BCUT2D eigenvalue weighted by molar-refractivity contribution is -0.123. The van der Waals surface area contributed by atoms with E-state index < -0.39 is 17.0 Å². The van der Waals surface area contributed by atoms with Crippen molar-refractivity contribution in [2.45, 2.75) is 20.1 Å². The molecule has 3 aromatic carbocycles. The first kappa shape index (κ1) is 27.8. The predicted molar refractivity (Wildman–Crippen MR) is 149 cm³/mol. The van der Waals surface area contributed by atoms with Crippen LogP contribution in [0.2, 0.25) is 15.1 Å². The lowest BCUT2D eigenvalue weighted by Gasteiger charge is -2.15. The quantitative estimate of drug-likeness (QED) is 0.229. The Labute approximate surface area is 240 Å². The van der Waals surface area contributed by atoms with E-state index in [4.69, 9.17) is 44.3 Å². The molecule has 5 nitrogen and oxygen atoms in total. The molecule has 0 radical (unpaired) electrons. The van der Waals surface area contributed by atoms with Crippen LogP contribution in [0.1, 0.15) is 23.6 Å². The zero-order valence-corrected chi connectivity index (χ0v) is 23.9. The van der Waals surface area contributed by atoms with Crippen molar-refractivity contribution >= 4 is 79.7 Å². The SMILES string of the molecule is CCOc1cc(/C=C2\SC(=O)N(Cc3c(F)cccc3Cl)C2=O)cc(Br)c1OCc1ccc(Cl)cc1Cl. The largest absolute Gasteiger partial charge is 0.490 e. The van der Waals surface area contributed by atoms with E-state index in [0.29, 0.717) is 38.2 Å². The summed E-state index contributed by atoms with van der Waals surface area (Å²) in [5.74, 6) is -0.240. The molecule has 3 aromatic rings. The van der Waals surface area contributed by atoms with Gasteiger partial charge in [0.2, 0.25) is 0 Å². The fourth-order valence-electron chi connectivity index (χ4n) is 3.49. The van der Waals surface area contributed by atoms with Crippen LogP contribution in [0.4, 0.5) is 9.18 Å². The maximum atomic E-state index is 14.2. The molecular weight excluding hydrogens is 628 g/mol. The number of imide groups is 1. The molecule has 1 aliphatic rings. The molecule has 1 fully saturated rings. The van der Waals surface area contributed by atoms with Crippen molar-refractivity contribution in [1.29, 1.82) is 0 Å². The van der Waals surface area contributed by atoms with Gasteiger partial charge in [0.05, 0.1) is 22.5 Å². The molecule has 0 atom stereocenters. The summed E-state index contributed by atoms with van der Waals surface area (Å²) in [4.78, 5) is 26.7. The molecule has 0 bridgehead atoms. The van der Waals surface area contributed by atoms with Gasteiger partial charge in [-0.3, -0.25) is 14.5 Å². The normalized spacial score (nSPS) is 14.5. The second-order valence-corrected chi connectivity index (χ2v) is 10.9. The lowest BCUT2D eigenvalue weighted by Crippen LogP contribution is -2.28. The molecule has 0 aromatic heterocycles. The van der Waals surface area contributed by atoms with Gasteiger partial charge in [-0.15, -0.1) is 0 Å². The highest BCUT2D eigenvalue weighted by atomic mass is 79.9. The summed E-state index contributed by atoms with van der Waals surface area (Å²) < 4.78 is 26.6. The number of halogens is 5. The van der Waals surface area contributed by atoms with E-state index in [-0.39, 0.29) is 28.6 Å². The Morgan fingerprint density at radius 3 is 2.54 bits per heavy atom. The van der Waals surface area contributed by atoms with Crippen LogP contribution in [-0.4, -0.2) is 22.7 Å². The summed E-state index contributed by atoms with van der Waals surface area (Å²) in [5, 5.41) is 0.629. The Morgan fingerprint density at radius 2 is 1.84 bits per heavy atom. The summed E-state index contributed by atoms with van der Waals surface area (Å²) in [5.41, 5.74) is 1.42. The first-order valence-electron chi connectivity index (χ1n) is 10.9. The third-order valence-corrected chi connectivity index (χ3v) is 7.71. The Hall–Kier alpha value is -2.23. The van der Waals surface area contributed by atoms with Crippen LogP contribution < -0.4 is 9.47 Å². The number of hydrogen-bond acceptors (Lipinski definition) is 5. The van der Waals surface area contributed by atoms with Gasteiger partial charge >= 0.3 is 0 Å². The number of carbonyl (C=O) groups is 2. The Kier molecular flexibility index (Phi) is 9.08. The second kappa shape index (κ2) is 12.1. The minimum Gasteiger partial charge on any atom is -0.490 e. The minimum atomic E-state index is -0.587. The third-order valence-electron chi connectivity index (χ3n) is 5.27. The zero-order valence-electron chi connectivity index (χ0n) is 19.2. The highest BCUT2D eigenvalue weighted by Crippen LogP contribution is 2.40. The van der Waals surface area contributed by atoms with Gasteiger partial charge < -0.3 is 9.47 Å². The van der Waals surface area contributed by atoms with Crippen LogP contribution >= 0.6 is 62.5 Å². The second-order valence-electron chi connectivity index (χ2n) is 7.76. The topological polar surface area (TPSA) is 55.8 Å². The van der Waals surface area contributed by atoms with E-state index in [1.807, 2.05) is 6.92 Å². The Bertz CT molecular complexity index is 1400. The average Bonchev–Trinajstić information content (AvgIpc) is 3.09. The first-order valence-corrected chi connectivity index (χ1v) is 13.6. The molecule has 0 unspecified atom stereocenters. The van der Waals surface area contributed by atoms with Crippen molar-refractivity contribution in [3.05, 3.63) is 95.5 Å². The molecule has 0 aliphatic carbocycles. The molecule has 37 heavy (non-hydrogen) atoms. The van der Waals surface area contributed by atoms with Crippen molar-refractivity contribution < 1.29 is 23.5 Å². The summed E-state index contributed by atoms with van der Waals surface area (Å²) >= 11 is 22.6. The van der Waals surface area contributed by atoms with Crippen LogP contribution in [0.25, 0.3) is 6.08 Å². The molecule has 1 heterocycles. The van der Waals surface area contributed by atoms with Crippen LogP contribution in [0.15, 0.2) is 57.9 Å². The minimum absolute atomic E-state index is 0.0800. The lowest BCUT2D eigenvalue weighted by atomic mass is 10.1. The van der Waals surface area contributed by atoms with Gasteiger partial charge in [0.1, 0.15) is 12.4 Å². The number of rotatable bonds is 8. The molecule has 1 saturated heterocycles. The molecule has 4 rings (SSSR count). The molecule has 0 saturated carbocycles. The fraction of sp³-hybridized carbons (Fsp3) is 0.154. The van der Waals surface area contributed by atoms with Crippen molar-refractivity contribution in [2.24, 2.45) is 0 Å². The van der Waals surface area contributed by atoms with Gasteiger partial charge in [-0.1, -0.05) is 46.9 Å². The number of amides is 2. The highest BCUT2D eigenvalue weighted by molar-refractivity contribution is 9.10. The van der Waals surface area contributed by atoms with Crippen LogP contribution in [0.3, 0.4) is 0 Å². The number of ether oxygens (including phenoxy) is 2. The van der Waals surface area contributed by atoms with Gasteiger partial charge in [0.15, 0.2) is 11.5 Å². The number of thioether (sulfide) groups is 1. The van der Waals surface area contributed by atoms with E-state index in [1.54, 1.807) is 36.4 Å². The summed E-state index contributed by atoms with van der Waals surface area (Å²) in [6.45, 7) is 2.11. The van der Waals surface area contributed by atoms with Crippen LogP contribution in [0, 0.1) is 5.82 Å². The maximum Gasteiger partial charge on any atom is 0.293 e. The Morgan fingerprint density at radius 1 is 1.05 bits per heavy atom. The highest BCUT2D eigenvalue weighted by Gasteiger charge is 2.36.